The number of thioether (sulfide) groups is 1. The maximum Gasteiger partial charge on any atom is 0.261 e. The van der Waals surface area contributed by atoms with Crippen molar-refractivity contribution < 1.29 is 13.2 Å². The zero-order valence-electron chi connectivity index (χ0n) is 16.4. The molecule has 0 fully saturated rings. The van der Waals surface area contributed by atoms with E-state index in [1.165, 1.54) is 29.2 Å². The highest BCUT2D eigenvalue weighted by molar-refractivity contribution is 8.01. The van der Waals surface area contributed by atoms with E-state index in [4.69, 9.17) is 0 Å². The minimum Gasteiger partial charge on any atom is -0.296 e. The summed E-state index contributed by atoms with van der Waals surface area (Å²) in [6, 6.07) is 11.4. The summed E-state index contributed by atoms with van der Waals surface area (Å²) in [4.78, 5) is 12.8. The van der Waals surface area contributed by atoms with Gasteiger partial charge in [-0.2, -0.15) is 0 Å². The average molecular weight is 461 g/mol. The van der Waals surface area contributed by atoms with E-state index in [1.54, 1.807) is 49.4 Å². The fourth-order valence-corrected chi connectivity index (χ4v) is 5.04. The molecule has 0 aliphatic heterocycles. The van der Waals surface area contributed by atoms with E-state index in [9.17, 15) is 13.2 Å². The molecule has 1 amide bonds. The third-order valence-electron chi connectivity index (χ3n) is 4.03. The molecule has 1 heterocycles. The van der Waals surface area contributed by atoms with Crippen molar-refractivity contribution in [2.24, 2.45) is 0 Å². The second-order valence-electron chi connectivity index (χ2n) is 6.38. The Bertz CT molecular complexity index is 1170. The largest absolute Gasteiger partial charge is 0.296 e. The van der Waals surface area contributed by atoms with Crippen LogP contribution in [-0.4, -0.2) is 30.3 Å². The molecule has 0 bridgehead atoms. The molecule has 0 radical (unpaired) electrons. The van der Waals surface area contributed by atoms with Crippen LogP contribution in [0.4, 0.5) is 10.8 Å². The number of rotatable bonds is 8. The van der Waals surface area contributed by atoms with Crippen LogP contribution in [0, 0.1) is 13.8 Å². The van der Waals surface area contributed by atoms with Crippen LogP contribution in [0.3, 0.4) is 0 Å². The van der Waals surface area contributed by atoms with Gasteiger partial charge in [0.15, 0.2) is 4.34 Å². The summed E-state index contributed by atoms with van der Waals surface area (Å²) in [5.41, 5.74) is 2.30. The van der Waals surface area contributed by atoms with Crippen LogP contribution in [0.15, 0.2) is 64.4 Å². The summed E-state index contributed by atoms with van der Waals surface area (Å²) in [7, 11) is -3.77. The van der Waals surface area contributed by atoms with Gasteiger partial charge in [0.25, 0.3) is 15.9 Å². The number of benzene rings is 2. The molecule has 0 saturated heterocycles. The van der Waals surface area contributed by atoms with Gasteiger partial charge >= 0.3 is 0 Å². The monoisotopic (exact) mass is 460 g/mol. The van der Waals surface area contributed by atoms with Crippen molar-refractivity contribution in [2.75, 3.05) is 15.8 Å². The van der Waals surface area contributed by atoms with Crippen molar-refractivity contribution in [3.8, 4) is 0 Å². The summed E-state index contributed by atoms with van der Waals surface area (Å²) in [5, 5.41) is 11.0. The molecule has 0 saturated carbocycles. The molecule has 0 atom stereocenters. The Hall–Kier alpha value is -2.69. The Morgan fingerprint density at radius 1 is 1.17 bits per heavy atom. The van der Waals surface area contributed by atoms with Crippen molar-refractivity contribution in [2.45, 2.75) is 23.1 Å². The highest BCUT2D eigenvalue weighted by Crippen LogP contribution is 2.26. The zero-order chi connectivity index (χ0) is 21.7. The lowest BCUT2D eigenvalue weighted by molar-refractivity contribution is 0.102. The lowest BCUT2D eigenvalue weighted by atomic mass is 10.1. The summed E-state index contributed by atoms with van der Waals surface area (Å²) in [6.45, 7) is 7.30. The SMILES string of the molecule is C=CCSc1nnc(NC(=O)c2ccc(C)c(NS(=O)(=O)c3ccc(C)cc3)c2)s1. The minimum atomic E-state index is -3.77. The van der Waals surface area contributed by atoms with Crippen molar-refractivity contribution in [1.82, 2.24) is 10.2 Å². The molecule has 3 rings (SSSR count). The Labute approximate surface area is 183 Å². The molecule has 0 aliphatic rings. The van der Waals surface area contributed by atoms with Crippen LogP contribution in [0.5, 0.6) is 0 Å². The Morgan fingerprint density at radius 3 is 2.60 bits per heavy atom. The van der Waals surface area contributed by atoms with E-state index < -0.39 is 15.9 Å². The molecule has 7 nitrogen and oxygen atoms in total. The van der Waals surface area contributed by atoms with Crippen LogP contribution in [0.1, 0.15) is 21.5 Å². The normalized spacial score (nSPS) is 11.1. The van der Waals surface area contributed by atoms with Crippen LogP contribution < -0.4 is 10.0 Å². The number of carbonyl (C=O) groups is 1. The molecule has 2 N–H and O–H groups in total. The summed E-state index contributed by atoms with van der Waals surface area (Å²) >= 11 is 2.73. The van der Waals surface area contributed by atoms with Crippen LogP contribution in [0.2, 0.25) is 0 Å². The van der Waals surface area contributed by atoms with Crippen LogP contribution >= 0.6 is 23.1 Å². The maximum atomic E-state index is 12.7. The van der Waals surface area contributed by atoms with E-state index in [0.29, 0.717) is 27.7 Å². The third-order valence-corrected chi connectivity index (χ3v) is 7.38. The molecular formula is C20H20N4O3S3. The first-order valence-corrected chi connectivity index (χ1v) is 12.2. The Balaban J connectivity index is 1.77. The summed E-state index contributed by atoms with van der Waals surface area (Å²) in [6.07, 6.45) is 1.76. The number of hydrogen-bond donors (Lipinski definition) is 2. The fraction of sp³-hybridized carbons (Fsp3) is 0.150. The fourth-order valence-electron chi connectivity index (χ4n) is 2.41. The number of aromatic nitrogens is 2. The lowest BCUT2D eigenvalue weighted by Gasteiger charge is -2.12. The van der Waals surface area contributed by atoms with Gasteiger partial charge in [0, 0.05) is 11.3 Å². The van der Waals surface area contributed by atoms with Gasteiger partial charge < -0.3 is 0 Å². The van der Waals surface area contributed by atoms with Gasteiger partial charge in [-0.3, -0.25) is 14.8 Å². The van der Waals surface area contributed by atoms with Gasteiger partial charge in [-0.15, -0.1) is 16.8 Å². The van der Waals surface area contributed by atoms with Crippen LogP contribution in [0.25, 0.3) is 0 Å². The number of aryl methyl sites for hydroxylation is 2. The zero-order valence-corrected chi connectivity index (χ0v) is 18.8. The van der Waals surface area contributed by atoms with Gasteiger partial charge in [0.05, 0.1) is 10.6 Å². The van der Waals surface area contributed by atoms with Crippen molar-refractivity contribution in [3.63, 3.8) is 0 Å². The molecule has 0 spiro atoms. The van der Waals surface area contributed by atoms with E-state index in [-0.39, 0.29) is 4.90 Å². The predicted octanol–water partition coefficient (Wildman–Crippen LogP) is 4.49. The predicted molar refractivity (Wildman–Crippen MR) is 122 cm³/mol. The van der Waals surface area contributed by atoms with E-state index in [1.807, 2.05) is 6.92 Å². The number of nitrogens with zero attached hydrogens (tertiary/aromatic N) is 2. The quantitative estimate of drug-likeness (QED) is 0.292. The Kier molecular flexibility index (Phi) is 6.91. The summed E-state index contributed by atoms with van der Waals surface area (Å²) in [5.74, 6) is 0.299. The highest BCUT2D eigenvalue weighted by atomic mass is 32.2. The van der Waals surface area contributed by atoms with Gasteiger partial charge in [0.1, 0.15) is 0 Å². The van der Waals surface area contributed by atoms with Crippen LogP contribution in [-0.2, 0) is 10.0 Å². The van der Waals surface area contributed by atoms with Gasteiger partial charge in [-0.05, 0) is 43.7 Å². The van der Waals surface area contributed by atoms with E-state index in [0.717, 1.165) is 9.90 Å². The second-order valence-corrected chi connectivity index (χ2v) is 10.3. The first kappa shape index (κ1) is 22.0. The number of nitrogens with one attached hydrogen (secondary N) is 2. The van der Waals surface area contributed by atoms with Gasteiger partial charge in [-0.1, -0.05) is 52.9 Å². The number of carbonyl (C=O) groups excluding carboxylic acids is 1. The van der Waals surface area contributed by atoms with Gasteiger partial charge in [0.2, 0.25) is 5.13 Å². The molecular weight excluding hydrogens is 440 g/mol. The first-order valence-electron chi connectivity index (χ1n) is 8.87. The average Bonchev–Trinajstić information content (AvgIpc) is 3.15. The molecule has 1 aromatic heterocycles. The first-order chi connectivity index (χ1) is 14.3. The molecule has 0 aliphatic carbocycles. The molecule has 0 unspecified atom stereocenters. The smallest absolute Gasteiger partial charge is 0.261 e. The topological polar surface area (TPSA) is 101 Å². The van der Waals surface area contributed by atoms with Crippen molar-refractivity contribution in [3.05, 3.63) is 71.8 Å². The van der Waals surface area contributed by atoms with E-state index >= 15 is 0 Å². The number of anilines is 2. The molecule has 156 valence electrons. The minimum absolute atomic E-state index is 0.153. The second kappa shape index (κ2) is 9.41. The third kappa shape index (κ3) is 5.47. The highest BCUT2D eigenvalue weighted by Gasteiger charge is 2.17. The van der Waals surface area contributed by atoms with E-state index in [2.05, 4.69) is 26.8 Å². The van der Waals surface area contributed by atoms with Crippen molar-refractivity contribution in [1.29, 1.82) is 0 Å². The number of hydrogen-bond acceptors (Lipinski definition) is 7. The standard InChI is InChI=1S/C20H20N4O3S3/c1-4-11-28-20-23-22-19(29-20)21-18(25)15-8-7-14(3)17(12-15)24-30(26,27)16-9-5-13(2)6-10-16/h4-10,12,24H,1,11H2,2-3H3,(H,21,22,25). The van der Waals surface area contributed by atoms with Gasteiger partial charge in [-0.25, -0.2) is 8.42 Å². The number of amides is 1. The summed E-state index contributed by atoms with van der Waals surface area (Å²) < 4.78 is 28.7. The molecule has 3 aromatic rings. The molecule has 2 aromatic carbocycles. The van der Waals surface area contributed by atoms with Crippen molar-refractivity contribution >= 4 is 49.8 Å². The molecule has 10 heteroatoms. The maximum absolute atomic E-state index is 12.7. The Morgan fingerprint density at radius 2 is 1.90 bits per heavy atom. The number of sulfonamides is 1. The lowest BCUT2D eigenvalue weighted by Crippen LogP contribution is -2.16. The molecule has 30 heavy (non-hydrogen) atoms.